The molecule has 2 aliphatic rings. The van der Waals surface area contributed by atoms with E-state index < -0.39 is 0 Å². The standard InChI is InChI=1S/C22H21N3O4/c1-25(15-4-5-15)22-23-9-14(10-24-22)19-16-8-18(28-3)17(27-2)7-12(16)6-13-11-29-21(26)20(13)19/h6-10,15H,4-5,11H2,1-3H3. The van der Waals surface area contributed by atoms with Gasteiger partial charge in [0, 0.05) is 42.2 Å². The van der Waals surface area contributed by atoms with Crippen molar-refractivity contribution in [3.63, 3.8) is 0 Å². The third kappa shape index (κ3) is 2.85. The summed E-state index contributed by atoms with van der Waals surface area (Å²) >= 11 is 0. The fraction of sp³-hybridized carbons (Fsp3) is 0.318. The minimum Gasteiger partial charge on any atom is -0.493 e. The van der Waals surface area contributed by atoms with Gasteiger partial charge in [-0.2, -0.15) is 0 Å². The average Bonchev–Trinajstić information content (AvgIpc) is 3.54. The normalized spacial score (nSPS) is 15.2. The van der Waals surface area contributed by atoms with Crippen LogP contribution in [0.3, 0.4) is 0 Å². The summed E-state index contributed by atoms with van der Waals surface area (Å²) in [5, 5.41) is 1.81. The van der Waals surface area contributed by atoms with E-state index in [0.29, 0.717) is 29.1 Å². The number of fused-ring (bicyclic) bond motifs is 2. The first-order valence-electron chi connectivity index (χ1n) is 9.54. The number of hydrogen-bond donors (Lipinski definition) is 0. The van der Waals surface area contributed by atoms with Crippen molar-refractivity contribution in [3.8, 4) is 22.6 Å². The Labute approximate surface area is 168 Å². The maximum atomic E-state index is 12.5. The quantitative estimate of drug-likeness (QED) is 0.616. The lowest BCUT2D eigenvalue weighted by Gasteiger charge is -2.17. The third-order valence-electron chi connectivity index (χ3n) is 5.63. The Bertz CT molecular complexity index is 1120. The van der Waals surface area contributed by atoms with E-state index in [-0.39, 0.29) is 12.6 Å². The molecular formula is C22H21N3O4. The molecule has 1 fully saturated rings. The molecule has 0 saturated heterocycles. The van der Waals surface area contributed by atoms with Gasteiger partial charge in [-0.3, -0.25) is 0 Å². The first-order chi connectivity index (χ1) is 14.1. The van der Waals surface area contributed by atoms with Crippen molar-refractivity contribution >= 4 is 22.7 Å². The fourth-order valence-electron chi connectivity index (χ4n) is 3.91. The molecule has 5 rings (SSSR count). The third-order valence-corrected chi connectivity index (χ3v) is 5.63. The lowest BCUT2D eigenvalue weighted by Crippen LogP contribution is -2.21. The molecule has 2 heterocycles. The minimum atomic E-state index is -0.328. The summed E-state index contributed by atoms with van der Waals surface area (Å²) in [6.45, 7) is 0.259. The zero-order valence-corrected chi connectivity index (χ0v) is 16.6. The van der Waals surface area contributed by atoms with Gasteiger partial charge in [-0.15, -0.1) is 0 Å². The van der Waals surface area contributed by atoms with Crippen LogP contribution in [0.25, 0.3) is 21.9 Å². The van der Waals surface area contributed by atoms with Crippen LogP contribution in [0.5, 0.6) is 11.5 Å². The maximum Gasteiger partial charge on any atom is 0.339 e. The summed E-state index contributed by atoms with van der Waals surface area (Å²) in [7, 11) is 5.21. The molecule has 1 aliphatic heterocycles. The van der Waals surface area contributed by atoms with E-state index in [9.17, 15) is 4.79 Å². The second-order valence-electron chi connectivity index (χ2n) is 7.40. The average molecular weight is 391 g/mol. The van der Waals surface area contributed by atoms with Gasteiger partial charge in [0.2, 0.25) is 5.95 Å². The molecule has 1 aliphatic carbocycles. The minimum absolute atomic E-state index is 0.259. The molecule has 7 nitrogen and oxygen atoms in total. The number of nitrogens with zero attached hydrogens (tertiary/aromatic N) is 3. The predicted octanol–water partition coefficient (Wildman–Crippen LogP) is 3.58. The Hall–Kier alpha value is -3.35. The number of aromatic nitrogens is 2. The molecule has 2 aromatic carbocycles. The number of ether oxygens (including phenoxy) is 3. The molecule has 0 bridgehead atoms. The SMILES string of the molecule is COc1cc2cc3c(c(-c4cnc(N(C)C5CC5)nc4)c2cc1OC)C(=O)OC3. The van der Waals surface area contributed by atoms with Crippen LogP contribution in [0.15, 0.2) is 30.6 Å². The van der Waals surface area contributed by atoms with Gasteiger partial charge < -0.3 is 19.1 Å². The lowest BCUT2D eigenvalue weighted by molar-refractivity contribution is 0.0535. The molecule has 1 aromatic heterocycles. The van der Waals surface area contributed by atoms with E-state index in [1.165, 1.54) is 12.8 Å². The fourth-order valence-corrected chi connectivity index (χ4v) is 3.91. The highest BCUT2D eigenvalue weighted by molar-refractivity contribution is 6.11. The van der Waals surface area contributed by atoms with Crippen molar-refractivity contribution in [3.05, 3.63) is 41.7 Å². The number of carbonyl (C=O) groups is 1. The van der Waals surface area contributed by atoms with Crippen molar-refractivity contribution < 1.29 is 19.0 Å². The number of anilines is 1. The van der Waals surface area contributed by atoms with Gasteiger partial charge in [0.25, 0.3) is 0 Å². The van der Waals surface area contributed by atoms with E-state index in [2.05, 4.69) is 14.9 Å². The molecule has 3 aromatic rings. The zero-order valence-electron chi connectivity index (χ0n) is 16.6. The Balaban J connectivity index is 1.72. The van der Waals surface area contributed by atoms with Crippen molar-refractivity contribution in [1.82, 2.24) is 9.97 Å². The Morgan fingerprint density at radius 2 is 1.72 bits per heavy atom. The van der Waals surface area contributed by atoms with Gasteiger partial charge in [-0.05, 0) is 41.8 Å². The summed E-state index contributed by atoms with van der Waals surface area (Å²) < 4.78 is 16.3. The van der Waals surface area contributed by atoms with Crippen LogP contribution in [0.4, 0.5) is 5.95 Å². The van der Waals surface area contributed by atoms with Crippen molar-refractivity contribution in [1.29, 1.82) is 0 Å². The van der Waals surface area contributed by atoms with Gasteiger partial charge >= 0.3 is 5.97 Å². The van der Waals surface area contributed by atoms with E-state index in [1.807, 2.05) is 25.2 Å². The molecule has 1 saturated carbocycles. The zero-order chi connectivity index (χ0) is 20.1. The lowest BCUT2D eigenvalue weighted by atomic mass is 9.91. The van der Waals surface area contributed by atoms with E-state index in [0.717, 1.165) is 27.5 Å². The van der Waals surface area contributed by atoms with Crippen LogP contribution in [-0.2, 0) is 11.3 Å². The monoisotopic (exact) mass is 391 g/mol. The molecule has 0 unspecified atom stereocenters. The number of benzene rings is 2. The topological polar surface area (TPSA) is 73.8 Å². The summed E-state index contributed by atoms with van der Waals surface area (Å²) in [6, 6.07) is 6.29. The molecule has 0 N–H and O–H groups in total. The maximum absolute atomic E-state index is 12.5. The van der Waals surface area contributed by atoms with Crippen LogP contribution in [0.1, 0.15) is 28.8 Å². The highest BCUT2D eigenvalue weighted by Gasteiger charge is 2.30. The number of cyclic esters (lactones) is 1. The number of methoxy groups -OCH3 is 2. The van der Waals surface area contributed by atoms with Crippen LogP contribution >= 0.6 is 0 Å². The summed E-state index contributed by atoms with van der Waals surface area (Å²) in [5.41, 5.74) is 2.95. The highest BCUT2D eigenvalue weighted by atomic mass is 16.5. The van der Waals surface area contributed by atoms with Crippen molar-refractivity contribution in [2.75, 3.05) is 26.2 Å². The second-order valence-corrected chi connectivity index (χ2v) is 7.40. The first-order valence-corrected chi connectivity index (χ1v) is 9.54. The number of carbonyl (C=O) groups excluding carboxylic acids is 1. The molecule has 29 heavy (non-hydrogen) atoms. The molecule has 0 amide bonds. The molecule has 7 heteroatoms. The summed E-state index contributed by atoms with van der Waals surface area (Å²) in [6.07, 6.45) is 5.90. The first kappa shape index (κ1) is 17.7. The van der Waals surface area contributed by atoms with E-state index in [4.69, 9.17) is 14.2 Å². The highest BCUT2D eigenvalue weighted by Crippen LogP contribution is 2.42. The number of rotatable bonds is 5. The van der Waals surface area contributed by atoms with Crippen LogP contribution in [-0.4, -0.2) is 43.2 Å². The van der Waals surface area contributed by atoms with Gasteiger partial charge in [-0.1, -0.05) is 0 Å². The number of hydrogen-bond acceptors (Lipinski definition) is 7. The molecular weight excluding hydrogens is 370 g/mol. The van der Waals surface area contributed by atoms with Gasteiger partial charge in [0.05, 0.1) is 19.8 Å². The second kappa shape index (κ2) is 6.62. The smallest absolute Gasteiger partial charge is 0.339 e. The van der Waals surface area contributed by atoms with Gasteiger partial charge in [-0.25, -0.2) is 14.8 Å². The van der Waals surface area contributed by atoms with Crippen LogP contribution in [0.2, 0.25) is 0 Å². The Kier molecular flexibility index (Phi) is 4.04. The van der Waals surface area contributed by atoms with Gasteiger partial charge in [0.1, 0.15) is 6.61 Å². The molecule has 0 radical (unpaired) electrons. The molecule has 148 valence electrons. The van der Waals surface area contributed by atoms with Gasteiger partial charge in [0.15, 0.2) is 11.5 Å². The summed E-state index contributed by atoms with van der Waals surface area (Å²) in [4.78, 5) is 23.7. The molecule has 0 atom stereocenters. The van der Waals surface area contributed by atoms with Crippen molar-refractivity contribution in [2.45, 2.75) is 25.5 Å². The molecule has 0 spiro atoms. The van der Waals surface area contributed by atoms with Crippen LogP contribution < -0.4 is 14.4 Å². The number of esters is 1. The van der Waals surface area contributed by atoms with Crippen molar-refractivity contribution in [2.24, 2.45) is 0 Å². The summed E-state index contributed by atoms with van der Waals surface area (Å²) in [5.74, 6) is 1.59. The van der Waals surface area contributed by atoms with Crippen LogP contribution in [0, 0.1) is 0 Å². The Morgan fingerprint density at radius 3 is 2.38 bits per heavy atom. The van der Waals surface area contributed by atoms with E-state index >= 15 is 0 Å². The largest absolute Gasteiger partial charge is 0.493 e. The predicted molar refractivity (Wildman–Crippen MR) is 109 cm³/mol. The van der Waals surface area contributed by atoms with E-state index in [1.54, 1.807) is 26.6 Å². The Morgan fingerprint density at radius 1 is 1.03 bits per heavy atom.